The highest BCUT2D eigenvalue weighted by molar-refractivity contribution is 5.83. The zero-order valence-electron chi connectivity index (χ0n) is 11.6. The van der Waals surface area contributed by atoms with Gasteiger partial charge in [-0.1, -0.05) is 49.4 Å². The van der Waals surface area contributed by atoms with Crippen molar-refractivity contribution in [3.8, 4) is 0 Å². The molecular weight excluding hydrogens is 236 g/mol. The monoisotopic (exact) mass is 256 g/mol. The molecular formula is C17H20O2. The van der Waals surface area contributed by atoms with E-state index in [9.17, 15) is 4.79 Å². The van der Waals surface area contributed by atoms with Crippen LogP contribution < -0.4 is 0 Å². The fraction of sp³-hybridized carbons (Fsp3) is 0.353. The summed E-state index contributed by atoms with van der Waals surface area (Å²) in [7, 11) is 0. The first-order valence-corrected chi connectivity index (χ1v) is 6.85. The van der Waals surface area contributed by atoms with E-state index in [2.05, 4.69) is 43.3 Å². The third-order valence-electron chi connectivity index (χ3n) is 3.43. The van der Waals surface area contributed by atoms with E-state index in [4.69, 9.17) is 4.74 Å². The second-order valence-electron chi connectivity index (χ2n) is 4.85. The molecule has 0 fully saturated rings. The van der Waals surface area contributed by atoms with Crippen molar-refractivity contribution in [1.29, 1.82) is 0 Å². The lowest BCUT2D eigenvalue weighted by atomic mass is 9.94. The summed E-state index contributed by atoms with van der Waals surface area (Å²) in [5.41, 5.74) is 1.28. The first kappa shape index (κ1) is 13.6. The van der Waals surface area contributed by atoms with Crippen molar-refractivity contribution in [3.63, 3.8) is 0 Å². The minimum absolute atomic E-state index is 0.102. The topological polar surface area (TPSA) is 26.3 Å². The van der Waals surface area contributed by atoms with Gasteiger partial charge in [0.2, 0.25) is 0 Å². The van der Waals surface area contributed by atoms with Crippen molar-refractivity contribution < 1.29 is 9.53 Å². The molecule has 1 atom stereocenters. The Morgan fingerprint density at radius 1 is 1.16 bits per heavy atom. The number of ether oxygens (including phenoxy) is 1. The average Bonchev–Trinajstić information content (AvgIpc) is 2.44. The lowest BCUT2D eigenvalue weighted by Gasteiger charge is -2.12. The van der Waals surface area contributed by atoms with Crippen LogP contribution in [0.3, 0.4) is 0 Å². The SMILES string of the molecule is CCOC(=O)CC[C@H](C)c1ccc2ccccc2c1. The molecule has 0 saturated carbocycles. The molecule has 0 unspecified atom stereocenters. The highest BCUT2D eigenvalue weighted by Crippen LogP contribution is 2.24. The van der Waals surface area contributed by atoms with E-state index < -0.39 is 0 Å². The molecule has 0 aliphatic heterocycles. The first-order valence-electron chi connectivity index (χ1n) is 6.85. The minimum Gasteiger partial charge on any atom is -0.466 e. The molecule has 2 heteroatoms. The Balaban J connectivity index is 2.04. The van der Waals surface area contributed by atoms with E-state index in [1.807, 2.05) is 13.0 Å². The quantitative estimate of drug-likeness (QED) is 0.746. The molecule has 100 valence electrons. The van der Waals surface area contributed by atoms with Crippen LogP contribution in [0.25, 0.3) is 10.8 Å². The molecule has 0 heterocycles. The fourth-order valence-corrected chi connectivity index (χ4v) is 2.25. The van der Waals surface area contributed by atoms with E-state index in [1.165, 1.54) is 16.3 Å². The summed E-state index contributed by atoms with van der Waals surface area (Å²) in [5, 5.41) is 2.51. The van der Waals surface area contributed by atoms with Gasteiger partial charge in [0.15, 0.2) is 0 Å². The Morgan fingerprint density at radius 3 is 2.63 bits per heavy atom. The van der Waals surface area contributed by atoms with Gasteiger partial charge in [0.05, 0.1) is 6.61 Å². The fourth-order valence-electron chi connectivity index (χ4n) is 2.25. The summed E-state index contributed by atoms with van der Waals surface area (Å²) in [5.74, 6) is 0.268. The molecule has 0 aromatic heterocycles. The third kappa shape index (κ3) is 3.57. The van der Waals surface area contributed by atoms with Crippen LogP contribution in [0.1, 0.15) is 38.2 Å². The Kier molecular flexibility index (Phi) is 4.56. The molecule has 0 N–H and O–H groups in total. The number of fused-ring (bicyclic) bond motifs is 1. The highest BCUT2D eigenvalue weighted by Gasteiger charge is 2.09. The van der Waals surface area contributed by atoms with Crippen molar-refractivity contribution in [2.24, 2.45) is 0 Å². The van der Waals surface area contributed by atoms with Gasteiger partial charge in [-0.15, -0.1) is 0 Å². The molecule has 0 aliphatic carbocycles. The van der Waals surface area contributed by atoms with E-state index >= 15 is 0 Å². The van der Waals surface area contributed by atoms with Gasteiger partial charge in [0, 0.05) is 6.42 Å². The number of hydrogen-bond donors (Lipinski definition) is 0. The van der Waals surface area contributed by atoms with Crippen LogP contribution >= 0.6 is 0 Å². The Labute approximate surface area is 114 Å². The number of rotatable bonds is 5. The lowest BCUT2D eigenvalue weighted by molar-refractivity contribution is -0.143. The van der Waals surface area contributed by atoms with Crippen LogP contribution in [-0.4, -0.2) is 12.6 Å². The average molecular weight is 256 g/mol. The summed E-state index contributed by atoms with van der Waals surface area (Å²) in [6.07, 6.45) is 1.32. The number of hydrogen-bond acceptors (Lipinski definition) is 2. The van der Waals surface area contributed by atoms with E-state index in [-0.39, 0.29) is 5.97 Å². The zero-order valence-corrected chi connectivity index (χ0v) is 11.6. The maximum Gasteiger partial charge on any atom is 0.305 e. The third-order valence-corrected chi connectivity index (χ3v) is 3.43. The van der Waals surface area contributed by atoms with Gasteiger partial charge < -0.3 is 4.74 Å². The van der Waals surface area contributed by atoms with Crippen LogP contribution in [0.15, 0.2) is 42.5 Å². The van der Waals surface area contributed by atoms with Gasteiger partial charge in [-0.05, 0) is 35.6 Å². The maximum absolute atomic E-state index is 11.4. The van der Waals surface area contributed by atoms with Crippen molar-refractivity contribution in [1.82, 2.24) is 0 Å². The molecule has 2 aromatic carbocycles. The second kappa shape index (κ2) is 6.37. The normalized spacial score (nSPS) is 12.3. The molecule has 2 aromatic rings. The van der Waals surface area contributed by atoms with Gasteiger partial charge in [-0.25, -0.2) is 0 Å². The zero-order chi connectivity index (χ0) is 13.7. The highest BCUT2D eigenvalue weighted by atomic mass is 16.5. The number of benzene rings is 2. The largest absolute Gasteiger partial charge is 0.466 e. The minimum atomic E-state index is -0.102. The molecule has 0 spiro atoms. The predicted octanol–water partition coefficient (Wildman–Crippen LogP) is 4.29. The van der Waals surface area contributed by atoms with Gasteiger partial charge in [-0.3, -0.25) is 4.79 Å². The van der Waals surface area contributed by atoms with Crippen LogP contribution in [0.2, 0.25) is 0 Å². The molecule has 2 rings (SSSR count). The van der Waals surface area contributed by atoms with Crippen LogP contribution in [-0.2, 0) is 9.53 Å². The van der Waals surface area contributed by atoms with Gasteiger partial charge in [-0.2, -0.15) is 0 Å². The summed E-state index contributed by atoms with van der Waals surface area (Å²) < 4.78 is 4.96. The van der Waals surface area contributed by atoms with Gasteiger partial charge in [0.1, 0.15) is 0 Å². The maximum atomic E-state index is 11.4. The van der Waals surface area contributed by atoms with Crippen molar-refractivity contribution in [3.05, 3.63) is 48.0 Å². The first-order chi connectivity index (χ1) is 9.20. The summed E-state index contributed by atoms with van der Waals surface area (Å²) >= 11 is 0. The predicted molar refractivity (Wildman–Crippen MR) is 78.2 cm³/mol. The van der Waals surface area contributed by atoms with Crippen LogP contribution in [0, 0.1) is 0 Å². The van der Waals surface area contributed by atoms with Crippen molar-refractivity contribution in [2.75, 3.05) is 6.61 Å². The molecule has 0 radical (unpaired) electrons. The summed E-state index contributed by atoms with van der Waals surface area (Å²) in [4.78, 5) is 11.4. The smallest absolute Gasteiger partial charge is 0.305 e. The Hall–Kier alpha value is -1.83. The van der Waals surface area contributed by atoms with Gasteiger partial charge in [0.25, 0.3) is 0 Å². The molecule has 0 saturated heterocycles. The molecule has 0 amide bonds. The molecule has 19 heavy (non-hydrogen) atoms. The van der Waals surface area contributed by atoms with Crippen LogP contribution in [0.4, 0.5) is 0 Å². The standard InChI is InChI=1S/C17H20O2/c1-3-19-17(18)11-8-13(2)15-10-9-14-6-4-5-7-16(14)12-15/h4-7,9-10,12-13H,3,8,11H2,1-2H3/t13-/m0/s1. The molecule has 0 aliphatic rings. The number of carbonyl (C=O) groups is 1. The van der Waals surface area contributed by atoms with E-state index in [1.54, 1.807) is 0 Å². The Morgan fingerprint density at radius 2 is 1.89 bits per heavy atom. The molecule has 0 bridgehead atoms. The number of esters is 1. The van der Waals surface area contributed by atoms with Crippen molar-refractivity contribution >= 4 is 16.7 Å². The second-order valence-corrected chi connectivity index (χ2v) is 4.85. The van der Waals surface area contributed by atoms with Crippen LogP contribution in [0.5, 0.6) is 0 Å². The van der Waals surface area contributed by atoms with Gasteiger partial charge >= 0.3 is 5.97 Å². The summed E-state index contributed by atoms with van der Waals surface area (Å²) in [6.45, 7) is 4.46. The van der Waals surface area contributed by atoms with E-state index in [0.717, 1.165) is 6.42 Å². The summed E-state index contributed by atoms with van der Waals surface area (Å²) in [6, 6.07) is 14.8. The van der Waals surface area contributed by atoms with Crippen molar-refractivity contribution in [2.45, 2.75) is 32.6 Å². The lowest BCUT2D eigenvalue weighted by Crippen LogP contribution is -2.05. The Bertz CT molecular complexity index is 560. The number of carbonyl (C=O) groups excluding carboxylic acids is 1. The van der Waals surface area contributed by atoms with E-state index in [0.29, 0.717) is 18.9 Å². The molecule has 2 nitrogen and oxygen atoms in total.